The minimum Gasteiger partial charge on any atom is -0.394 e. The van der Waals surface area contributed by atoms with Gasteiger partial charge in [-0.05, 0) is 57.8 Å². The number of amides is 1. The maximum atomic E-state index is 12.5. The summed E-state index contributed by atoms with van der Waals surface area (Å²) in [6.07, 6.45) is 55.8. The Hall–Kier alpha value is -1.43. The zero-order valence-electron chi connectivity index (χ0n) is 36.1. The van der Waals surface area contributed by atoms with Crippen molar-refractivity contribution < 1.29 is 20.1 Å². The van der Waals surface area contributed by atoms with Gasteiger partial charge in [-0.3, -0.25) is 4.79 Å². The van der Waals surface area contributed by atoms with Crippen LogP contribution in [-0.2, 0) is 4.79 Å². The summed E-state index contributed by atoms with van der Waals surface area (Å²) in [5, 5.41) is 33.3. The van der Waals surface area contributed by atoms with Crippen LogP contribution in [0, 0.1) is 0 Å². The van der Waals surface area contributed by atoms with Gasteiger partial charge >= 0.3 is 0 Å². The van der Waals surface area contributed by atoms with Gasteiger partial charge in [0.1, 0.15) is 0 Å². The van der Waals surface area contributed by atoms with Gasteiger partial charge in [-0.1, -0.05) is 217 Å². The number of rotatable bonds is 43. The summed E-state index contributed by atoms with van der Waals surface area (Å²) in [5.74, 6) is -0.329. The first kappa shape index (κ1) is 52.6. The molecule has 0 fully saturated rings. The molecule has 4 N–H and O–H groups in total. The molecule has 3 atom stereocenters. The molecule has 318 valence electrons. The fourth-order valence-electron chi connectivity index (χ4n) is 7.23. The Morgan fingerprint density at radius 2 is 0.796 bits per heavy atom. The lowest BCUT2D eigenvalue weighted by Crippen LogP contribution is -2.45. The van der Waals surface area contributed by atoms with Crippen LogP contribution in [0.3, 0.4) is 0 Å². The average molecular weight is 760 g/mol. The van der Waals surface area contributed by atoms with E-state index in [0.717, 1.165) is 44.9 Å². The van der Waals surface area contributed by atoms with Gasteiger partial charge in [0.2, 0.25) is 5.91 Å². The van der Waals surface area contributed by atoms with Crippen LogP contribution in [0.5, 0.6) is 0 Å². The van der Waals surface area contributed by atoms with Crippen molar-refractivity contribution in [1.29, 1.82) is 0 Å². The van der Waals surface area contributed by atoms with Crippen molar-refractivity contribution in [3.8, 4) is 0 Å². The van der Waals surface area contributed by atoms with E-state index >= 15 is 0 Å². The topological polar surface area (TPSA) is 89.8 Å². The predicted molar refractivity (Wildman–Crippen MR) is 236 cm³/mol. The normalized spacial score (nSPS) is 13.8. The van der Waals surface area contributed by atoms with E-state index in [2.05, 4.69) is 43.5 Å². The van der Waals surface area contributed by atoms with Crippen molar-refractivity contribution in [3.05, 3.63) is 36.5 Å². The smallest absolute Gasteiger partial charge is 0.222 e. The zero-order chi connectivity index (χ0) is 39.4. The van der Waals surface area contributed by atoms with Crippen LogP contribution >= 0.6 is 0 Å². The zero-order valence-corrected chi connectivity index (χ0v) is 36.1. The van der Waals surface area contributed by atoms with Crippen LogP contribution in [0.1, 0.15) is 245 Å². The SMILES string of the molecule is CCCCCCCCCCCCC/C=C\CCCCCCCC(O)CC(=O)NC(CO)C(O)/C=C/CC/C=C/CCCCCCCCCCCCCCC. The van der Waals surface area contributed by atoms with Crippen LogP contribution in [0.2, 0.25) is 0 Å². The Morgan fingerprint density at radius 1 is 0.463 bits per heavy atom. The highest BCUT2D eigenvalue weighted by Crippen LogP contribution is 2.15. The fraction of sp³-hybridized carbons (Fsp3) is 0.857. The molecule has 5 nitrogen and oxygen atoms in total. The molecule has 0 aromatic carbocycles. The minimum atomic E-state index is -0.953. The molecule has 0 rings (SSSR count). The monoisotopic (exact) mass is 760 g/mol. The lowest BCUT2D eigenvalue weighted by atomic mass is 10.0. The largest absolute Gasteiger partial charge is 0.394 e. The van der Waals surface area contributed by atoms with Gasteiger partial charge in [0, 0.05) is 0 Å². The molecule has 0 spiro atoms. The van der Waals surface area contributed by atoms with Gasteiger partial charge in [-0.25, -0.2) is 0 Å². The van der Waals surface area contributed by atoms with Crippen molar-refractivity contribution in [2.45, 2.75) is 263 Å². The highest BCUT2D eigenvalue weighted by molar-refractivity contribution is 5.76. The standard InChI is InChI=1S/C49H93NO4/c1-3-5-7-9-11-13-15-17-19-21-23-25-26-28-30-32-34-36-38-40-42-46(52)44-49(54)50-47(45-51)48(53)43-41-39-37-35-33-31-29-27-24-22-20-18-16-14-12-10-8-6-4-2/h26,28,33,35,41,43,46-48,51-53H,3-25,27,29-32,34,36-40,42,44-45H2,1-2H3,(H,50,54)/b28-26-,35-33+,43-41+. The van der Waals surface area contributed by atoms with Crippen molar-refractivity contribution in [2.24, 2.45) is 0 Å². The van der Waals surface area contributed by atoms with Crippen LogP contribution in [0.25, 0.3) is 0 Å². The van der Waals surface area contributed by atoms with Gasteiger partial charge in [0.05, 0.1) is 31.3 Å². The molecule has 0 saturated carbocycles. The fourth-order valence-corrected chi connectivity index (χ4v) is 7.23. The van der Waals surface area contributed by atoms with Crippen molar-refractivity contribution >= 4 is 5.91 Å². The predicted octanol–water partition coefficient (Wildman–Crippen LogP) is 13.9. The Morgan fingerprint density at radius 3 is 1.19 bits per heavy atom. The molecule has 0 saturated heterocycles. The third kappa shape index (κ3) is 40.2. The maximum absolute atomic E-state index is 12.5. The van der Waals surface area contributed by atoms with Crippen LogP contribution in [0.4, 0.5) is 0 Å². The van der Waals surface area contributed by atoms with E-state index in [4.69, 9.17) is 0 Å². The molecule has 0 bridgehead atoms. The molecule has 0 aliphatic rings. The van der Waals surface area contributed by atoms with Gasteiger partial charge in [-0.15, -0.1) is 0 Å². The Kier molecular flexibility index (Phi) is 43.1. The van der Waals surface area contributed by atoms with E-state index in [1.54, 1.807) is 6.08 Å². The molecule has 54 heavy (non-hydrogen) atoms. The van der Waals surface area contributed by atoms with E-state index in [9.17, 15) is 20.1 Å². The second-order valence-corrected chi connectivity index (χ2v) is 16.4. The summed E-state index contributed by atoms with van der Waals surface area (Å²) in [5.41, 5.74) is 0. The second kappa shape index (κ2) is 44.3. The first-order valence-electron chi connectivity index (χ1n) is 23.8. The molecule has 3 unspecified atom stereocenters. The number of nitrogens with one attached hydrogen (secondary N) is 1. The van der Waals surface area contributed by atoms with Crippen molar-refractivity contribution in [2.75, 3.05) is 6.61 Å². The van der Waals surface area contributed by atoms with E-state index in [1.165, 1.54) is 173 Å². The minimum absolute atomic E-state index is 0.000896. The number of unbranched alkanes of at least 4 members (excludes halogenated alkanes) is 30. The summed E-state index contributed by atoms with van der Waals surface area (Å²) in [4.78, 5) is 12.5. The summed E-state index contributed by atoms with van der Waals surface area (Å²) >= 11 is 0. The molecule has 0 aliphatic heterocycles. The molecular formula is C49H93NO4. The Bertz CT molecular complexity index is 840. The number of hydrogen-bond donors (Lipinski definition) is 4. The third-order valence-corrected chi connectivity index (χ3v) is 10.9. The summed E-state index contributed by atoms with van der Waals surface area (Å²) in [7, 11) is 0. The maximum Gasteiger partial charge on any atom is 0.222 e. The number of aliphatic hydroxyl groups excluding tert-OH is 3. The Balaban J connectivity index is 3.69. The first-order valence-corrected chi connectivity index (χ1v) is 23.8. The lowest BCUT2D eigenvalue weighted by Gasteiger charge is -2.20. The second-order valence-electron chi connectivity index (χ2n) is 16.4. The van der Waals surface area contributed by atoms with Crippen LogP contribution in [-0.4, -0.2) is 46.1 Å². The number of allylic oxidation sites excluding steroid dienone is 5. The van der Waals surface area contributed by atoms with Crippen molar-refractivity contribution in [3.63, 3.8) is 0 Å². The summed E-state index contributed by atoms with van der Waals surface area (Å²) < 4.78 is 0. The molecule has 1 amide bonds. The van der Waals surface area contributed by atoms with Crippen LogP contribution in [0.15, 0.2) is 36.5 Å². The van der Waals surface area contributed by atoms with Crippen molar-refractivity contribution in [1.82, 2.24) is 5.32 Å². The lowest BCUT2D eigenvalue weighted by molar-refractivity contribution is -0.124. The molecule has 0 aromatic heterocycles. The van der Waals surface area contributed by atoms with E-state index < -0.39 is 18.2 Å². The van der Waals surface area contributed by atoms with E-state index in [0.29, 0.717) is 6.42 Å². The van der Waals surface area contributed by atoms with E-state index in [1.807, 2.05) is 6.08 Å². The summed E-state index contributed by atoms with van der Waals surface area (Å²) in [6, 6.07) is -0.763. The number of carbonyl (C=O) groups is 1. The number of aliphatic hydroxyl groups is 3. The molecule has 5 heteroatoms. The average Bonchev–Trinajstić information content (AvgIpc) is 3.16. The highest BCUT2D eigenvalue weighted by Gasteiger charge is 2.20. The Labute approximate surface area is 336 Å². The molecule has 0 aliphatic carbocycles. The number of carbonyl (C=O) groups excluding carboxylic acids is 1. The molecular weight excluding hydrogens is 667 g/mol. The first-order chi connectivity index (χ1) is 26.5. The molecule has 0 aromatic rings. The van der Waals surface area contributed by atoms with Gasteiger partial charge in [-0.2, -0.15) is 0 Å². The van der Waals surface area contributed by atoms with Gasteiger partial charge in [0.15, 0.2) is 0 Å². The van der Waals surface area contributed by atoms with Crippen LogP contribution < -0.4 is 5.32 Å². The third-order valence-electron chi connectivity index (χ3n) is 10.9. The molecule has 0 heterocycles. The summed E-state index contributed by atoms with van der Waals surface area (Å²) in [6.45, 7) is 4.21. The quantitative estimate of drug-likeness (QED) is 0.0368. The van der Waals surface area contributed by atoms with E-state index in [-0.39, 0.29) is 18.9 Å². The number of hydrogen-bond acceptors (Lipinski definition) is 4. The molecule has 0 radical (unpaired) electrons. The van der Waals surface area contributed by atoms with Gasteiger partial charge in [0.25, 0.3) is 0 Å². The highest BCUT2D eigenvalue weighted by atomic mass is 16.3. The van der Waals surface area contributed by atoms with Gasteiger partial charge < -0.3 is 20.6 Å².